The number of hydrogen-bond acceptors (Lipinski definition) is 5. The van der Waals surface area contributed by atoms with E-state index in [1.54, 1.807) is 6.92 Å². The van der Waals surface area contributed by atoms with E-state index in [1.165, 1.54) is 36.7 Å². The second-order valence-corrected chi connectivity index (χ2v) is 6.91. The largest absolute Gasteiger partial charge is 0.388 e. The van der Waals surface area contributed by atoms with Crippen LogP contribution in [0, 0.1) is 16.0 Å². The predicted octanol–water partition coefficient (Wildman–Crippen LogP) is 4.12. The fourth-order valence-corrected chi connectivity index (χ4v) is 4.13. The highest BCUT2D eigenvalue weighted by Gasteiger charge is 2.27. The van der Waals surface area contributed by atoms with E-state index in [4.69, 9.17) is 0 Å². The molecule has 0 aromatic carbocycles. The van der Waals surface area contributed by atoms with E-state index >= 15 is 0 Å². The van der Waals surface area contributed by atoms with Crippen molar-refractivity contribution in [3.05, 3.63) is 21.1 Å². The molecule has 0 saturated carbocycles. The Labute approximate surface area is 129 Å². The Balaban J connectivity index is 2.18. The van der Waals surface area contributed by atoms with Crippen LogP contribution in [0.4, 0.5) is 10.7 Å². The summed E-state index contributed by atoms with van der Waals surface area (Å²) in [6.07, 6.45) is 5.21. The summed E-state index contributed by atoms with van der Waals surface area (Å²) < 4.78 is 0. The molecule has 0 amide bonds. The summed E-state index contributed by atoms with van der Waals surface area (Å²) in [7, 11) is 0. The number of anilines is 1. The fraction of sp³-hybridized carbons (Fsp3) is 0.733. The molecule has 1 aliphatic heterocycles. The Morgan fingerprint density at radius 3 is 2.90 bits per heavy atom. The molecule has 2 atom stereocenters. The summed E-state index contributed by atoms with van der Waals surface area (Å²) in [5.74, 6) is 0.746. The number of thiophene rings is 1. The van der Waals surface area contributed by atoms with Crippen molar-refractivity contribution in [2.45, 2.75) is 52.1 Å². The molecule has 118 valence electrons. The molecule has 0 bridgehead atoms. The first-order chi connectivity index (χ1) is 10.0. The van der Waals surface area contributed by atoms with E-state index in [1.807, 2.05) is 0 Å². The molecule has 1 aliphatic rings. The lowest BCUT2D eigenvalue weighted by atomic mass is 9.96. The summed E-state index contributed by atoms with van der Waals surface area (Å²) in [4.78, 5) is 13.7. The molecule has 21 heavy (non-hydrogen) atoms. The zero-order valence-electron chi connectivity index (χ0n) is 12.7. The van der Waals surface area contributed by atoms with Crippen molar-refractivity contribution in [3.8, 4) is 0 Å². The fourth-order valence-electron chi connectivity index (χ4n) is 3.02. The third kappa shape index (κ3) is 3.95. The van der Waals surface area contributed by atoms with Gasteiger partial charge in [-0.1, -0.05) is 19.8 Å². The van der Waals surface area contributed by atoms with Gasteiger partial charge in [-0.15, -0.1) is 11.3 Å². The van der Waals surface area contributed by atoms with Crippen molar-refractivity contribution in [2.24, 2.45) is 5.92 Å². The average Bonchev–Trinajstić information content (AvgIpc) is 2.76. The quantitative estimate of drug-likeness (QED) is 0.656. The van der Waals surface area contributed by atoms with E-state index in [0.29, 0.717) is 9.88 Å². The third-order valence-corrected chi connectivity index (χ3v) is 5.51. The van der Waals surface area contributed by atoms with Gasteiger partial charge in [0, 0.05) is 24.0 Å². The molecular weight excluding hydrogens is 288 g/mol. The Bertz CT molecular complexity index is 487. The van der Waals surface area contributed by atoms with E-state index in [0.717, 1.165) is 31.8 Å². The van der Waals surface area contributed by atoms with Crippen LogP contribution in [0.2, 0.25) is 0 Å². The lowest BCUT2D eigenvalue weighted by Crippen LogP contribution is -2.23. The van der Waals surface area contributed by atoms with Crippen molar-refractivity contribution in [1.82, 2.24) is 0 Å². The van der Waals surface area contributed by atoms with Crippen LogP contribution in [0.15, 0.2) is 6.07 Å². The van der Waals surface area contributed by atoms with Crippen molar-refractivity contribution in [2.75, 3.05) is 18.0 Å². The smallest absolute Gasteiger partial charge is 0.304 e. The van der Waals surface area contributed by atoms with Crippen molar-refractivity contribution in [3.63, 3.8) is 0 Å². The van der Waals surface area contributed by atoms with Crippen LogP contribution < -0.4 is 4.90 Å². The van der Waals surface area contributed by atoms with Crippen molar-refractivity contribution >= 4 is 22.0 Å². The molecule has 0 aliphatic carbocycles. The Kier molecular flexibility index (Phi) is 5.58. The minimum atomic E-state index is -0.651. The van der Waals surface area contributed by atoms with Crippen LogP contribution >= 0.6 is 11.3 Å². The second-order valence-electron chi connectivity index (χ2n) is 5.84. The van der Waals surface area contributed by atoms with Crippen LogP contribution in [0.5, 0.6) is 0 Å². The van der Waals surface area contributed by atoms with Gasteiger partial charge in [-0.25, -0.2) is 0 Å². The van der Waals surface area contributed by atoms with Gasteiger partial charge in [-0.05, 0) is 32.1 Å². The van der Waals surface area contributed by atoms with E-state index in [-0.39, 0.29) is 10.6 Å². The molecule has 0 spiro atoms. The minimum Gasteiger partial charge on any atom is -0.388 e. The molecule has 1 aromatic rings. The second kappa shape index (κ2) is 7.22. The molecule has 2 heterocycles. The Hall–Kier alpha value is -1.14. The third-order valence-electron chi connectivity index (χ3n) is 4.15. The first-order valence-corrected chi connectivity index (χ1v) is 8.55. The number of nitro groups is 1. The van der Waals surface area contributed by atoms with Gasteiger partial charge in [0.25, 0.3) is 0 Å². The molecule has 0 radical (unpaired) electrons. The van der Waals surface area contributed by atoms with Crippen LogP contribution in [0.3, 0.4) is 0 Å². The van der Waals surface area contributed by atoms with Crippen molar-refractivity contribution in [1.29, 1.82) is 0 Å². The van der Waals surface area contributed by atoms with Crippen LogP contribution in [0.1, 0.15) is 56.9 Å². The molecule has 1 saturated heterocycles. The summed E-state index contributed by atoms with van der Waals surface area (Å²) in [5.41, 5.74) is 0.143. The number of aliphatic hydroxyl groups is 1. The first kappa shape index (κ1) is 16.2. The topological polar surface area (TPSA) is 66.6 Å². The minimum absolute atomic E-state index is 0.143. The standard InChI is InChI=1S/C15H24N2O3S/c1-3-5-12-6-4-8-16(9-7-12)15-13(17(19)20)10-14(21-15)11(2)18/h10-12,18H,3-9H2,1-2H3/t11-,12?/m1/s1. The van der Waals surface area contributed by atoms with Gasteiger partial charge in [-0.2, -0.15) is 0 Å². The molecule has 1 N–H and O–H groups in total. The van der Waals surface area contributed by atoms with Gasteiger partial charge < -0.3 is 10.0 Å². The maximum atomic E-state index is 11.3. The molecule has 1 aromatic heterocycles. The SMILES string of the molecule is CCCC1CCCN(c2sc([C@@H](C)O)cc2[N+](=O)[O-])CC1. The lowest BCUT2D eigenvalue weighted by molar-refractivity contribution is -0.383. The van der Waals surface area contributed by atoms with Crippen LogP contribution in [-0.2, 0) is 0 Å². The molecule has 6 heteroatoms. The molecule has 2 rings (SSSR count). The lowest BCUT2D eigenvalue weighted by Gasteiger charge is -2.20. The molecule has 5 nitrogen and oxygen atoms in total. The highest BCUT2D eigenvalue weighted by molar-refractivity contribution is 7.16. The maximum Gasteiger partial charge on any atom is 0.304 e. The highest BCUT2D eigenvalue weighted by Crippen LogP contribution is 2.41. The first-order valence-electron chi connectivity index (χ1n) is 7.74. The molecule has 1 unspecified atom stereocenters. The van der Waals surface area contributed by atoms with Crippen LogP contribution in [-0.4, -0.2) is 23.1 Å². The van der Waals surface area contributed by atoms with Gasteiger partial charge >= 0.3 is 5.69 Å². The summed E-state index contributed by atoms with van der Waals surface area (Å²) in [5, 5.41) is 21.7. The van der Waals surface area contributed by atoms with Crippen LogP contribution in [0.25, 0.3) is 0 Å². The highest BCUT2D eigenvalue weighted by atomic mass is 32.1. The number of rotatable bonds is 5. The van der Waals surface area contributed by atoms with Gasteiger partial charge in [0.1, 0.15) is 0 Å². The Morgan fingerprint density at radius 1 is 1.52 bits per heavy atom. The monoisotopic (exact) mass is 312 g/mol. The maximum absolute atomic E-state index is 11.3. The summed E-state index contributed by atoms with van der Waals surface area (Å²) in [6, 6.07) is 1.53. The zero-order valence-corrected chi connectivity index (χ0v) is 13.6. The van der Waals surface area contributed by atoms with E-state index < -0.39 is 6.10 Å². The zero-order chi connectivity index (χ0) is 15.4. The Morgan fingerprint density at radius 2 is 2.29 bits per heavy atom. The number of nitrogens with zero attached hydrogens (tertiary/aromatic N) is 2. The average molecular weight is 312 g/mol. The molecular formula is C15H24N2O3S. The van der Waals surface area contributed by atoms with E-state index in [2.05, 4.69) is 11.8 Å². The predicted molar refractivity (Wildman–Crippen MR) is 86.1 cm³/mol. The summed E-state index contributed by atoms with van der Waals surface area (Å²) in [6.45, 7) is 5.62. The van der Waals surface area contributed by atoms with Gasteiger partial charge in [0.2, 0.25) is 0 Å². The van der Waals surface area contributed by atoms with Gasteiger partial charge in [0.05, 0.1) is 11.0 Å². The van der Waals surface area contributed by atoms with Gasteiger partial charge in [-0.3, -0.25) is 10.1 Å². The normalized spacial score (nSPS) is 21.1. The molecule has 1 fully saturated rings. The number of aliphatic hydroxyl groups excluding tert-OH is 1. The van der Waals surface area contributed by atoms with Gasteiger partial charge in [0.15, 0.2) is 5.00 Å². The number of hydrogen-bond donors (Lipinski definition) is 1. The summed E-state index contributed by atoms with van der Waals surface area (Å²) >= 11 is 1.36. The van der Waals surface area contributed by atoms with E-state index in [9.17, 15) is 15.2 Å². The van der Waals surface area contributed by atoms with Crippen molar-refractivity contribution < 1.29 is 10.0 Å².